The molecule has 1 N–H and O–H groups in total. The van der Waals surface area contributed by atoms with Gasteiger partial charge in [0.1, 0.15) is 5.75 Å². The minimum atomic E-state index is -4.31. The van der Waals surface area contributed by atoms with Crippen LogP contribution in [0.3, 0.4) is 0 Å². The molecule has 0 aromatic heterocycles. The molecule has 1 aliphatic heterocycles. The lowest BCUT2D eigenvalue weighted by molar-refractivity contribution is -0.153. The van der Waals surface area contributed by atoms with Crippen molar-refractivity contribution >= 4 is 5.69 Å². The van der Waals surface area contributed by atoms with Crippen LogP contribution >= 0.6 is 0 Å². The van der Waals surface area contributed by atoms with Crippen LogP contribution in [0, 0.1) is 5.41 Å². The van der Waals surface area contributed by atoms with E-state index in [4.69, 9.17) is 4.74 Å². The Morgan fingerprint density at radius 1 is 1.26 bits per heavy atom. The van der Waals surface area contributed by atoms with Gasteiger partial charge in [-0.15, -0.1) is 0 Å². The lowest BCUT2D eigenvalue weighted by Crippen LogP contribution is -2.45. The minimum absolute atomic E-state index is 0.144. The first kappa shape index (κ1) is 14.0. The van der Waals surface area contributed by atoms with Crippen molar-refractivity contribution in [2.24, 2.45) is 5.41 Å². The Balaban J connectivity index is 1.81. The average Bonchev–Trinajstić information content (AvgIpc) is 2.32. The molecule has 1 fully saturated rings. The molecule has 2 rings (SSSR count). The van der Waals surface area contributed by atoms with Gasteiger partial charge < -0.3 is 14.8 Å². The summed E-state index contributed by atoms with van der Waals surface area (Å²) in [6.07, 6.45) is -4.31. The molecule has 0 unspecified atom stereocenters. The SMILES string of the molecule is CC1(CNc2ccc(OCC(F)(F)F)cc2)COC1. The number of alkyl halides is 3. The van der Waals surface area contributed by atoms with Crippen LogP contribution < -0.4 is 10.1 Å². The molecule has 3 nitrogen and oxygen atoms in total. The maximum absolute atomic E-state index is 12.0. The number of anilines is 1. The summed E-state index contributed by atoms with van der Waals surface area (Å²) < 4.78 is 45.7. The second kappa shape index (κ2) is 5.28. The Morgan fingerprint density at radius 2 is 1.89 bits per heavy atom. The Labute approximate surface area is 109 Å². The second-order valence-electron chi connectivity index (χ2n) is 5.09. The predicted octanol–water partition coefficient (Wildman–Crippen LogP) is 3.08. The van der Waals surface area contributed by atoms with Gasteiger partial charge in [0.2, 0.25) is 0 Å². The molecule has 0 bridgehead atoms. The molecule has 1 saturated heterocycles. The van der Waals surface area contributed by atoms with E-state index >= 15 is 0 Å². The molecule has 1 aromatic rings. The summed E-state index contributed by atoms with van der Waals surface area (Å²) in [4.78, 5) is 0. The summed E-state index contributed by atoms with van der Waals surface area (Å²) in [5.74, 6) is 0.209. The molecule has 0 atom stereocenters. The van der Waals surface area contributed by atoms with Gasteiger partial charge in [0.25, 0.3) is 0 Å². The Kier molecular flexibility index (Phi) is 3.89. The van der Waals surface area contributed by atoms with E-state index in [9.17, 15) is 13.2 Å². The van der Waals surface area contributed by atoms with Crippen molar-refractivity contribution in [2.45, 2.75) is 13.1 Å². The third kappa shape index (κ3) is 4.31. The lowest BCUT2D eigenvalue weighted by Gasteiger charge is -2.38. The van der Waals surface area contributed by atoms with E-state index in [0.29, 0.717) is 0 Å². The van der Waals surface area contributed by atoms with Crippen LogP contribution in [0.25, 0.3) is 0 Å². The quantitative estimate of drug-likeness (QED) is 0.895. The minimum Gasteiger partial charge on any atom is -0.484 e. The molecular weight excluding hydrogens is 259 g/mol. The molecule has 0 saturated carbocycles. The van der Waals surface area contributed by atoms with Crippen molar-refractivity contribution in [3.8, 4) is 5.75 Å². The van der Waals surface area contributed by atoms with Crippen LogP contribution in [-0.2, 0) is 4.74 Å². The second-order valence-corrected chi connectivity index (χ2v) is 5.09. The lowest BCUT2D eigenvalue weighted by atomic mass is 9.89. The standard InChI is InChI=1S/C13H16F3NO2/c1-12(7-18-8-12)6-17-10-2-4-11(5-3-10)19-9-13(14,15)16/h2-5,17H,6-9H2,1H3. The van der Waals surface area contributed by atoms with Crippen molar-refractivity contribution in [3.63, 3.8) is 0 Å². The number of rotatable bonds is 5. The number of benzene rings is 1. The van der Waals surface area contributed by atoms with Gasteiger partial charge in [-0.2, -0.15) is 13.2 Å². The van der Waals surface area contributed by atoms with Gasteiger partial charge in [-0.25, -0.2) is 0 Å². The fraction of sp³-hybridized carbons (Fsp3) is 0.538. The molecule has 1 aliphatic rings. The zero-order valence-corrected chi connectivity index (χ0v) is 10.6. The van der Waals surface area contributed by atoms with Crippen molar-refractivity contribution < 1.29 is 22.6 Å². The monoisotopic (exact) mass is 275 g/mol. The highest BCUT2D eigenvalue weighted by Gasteiger charge is 2.32. The molecule has 1 heterocycles. The van der Waals surface area contributed by atoms with Crippen LogP contribution in [0.2, 0.25) is 0 Å². The highest BCUT2D eigenvalue weighted by molar-refractivity contribution is 5.46. The first-order valence-electron chi connectivity index (χ1n) is 5.98. The largest absolute Gasteiger partial charge is 0.484 e. The first-order chi connectivity index (χ1) is 8.86. The van der Waals surface area contributed by atoms with E-state index < -0.39 is 12.8 Å². The van der Waals surface area contributed by atoms with Crippen LogP contribution in [0.1, 0.15) is 6.92 Å². The van der Waals surface area contributed by atoms with E-state index in [-0.39, 0.29) is 11.2 Å². The number of ether oxygens (including phenoxy) is 2. The van der Waals surface area contributed by atoms with E-state index in [0.717, 1.165) is 25.4 Å². The number of halogens is 3. The first-order valence-corrected chi connectivity index (χ1v) is 5.98. The van der Waals surface area contributed by atoms with Crippen LogP contribution in [0.15, 0.2) is 24.3 Å². The van der Waals surface area contributed by atoms with Gasteiger partial charge in [-0.05, 0) is 24.3 Å². The molecular formula is C13H16F3NO2. The van der Waals surface area contributed by atoms with E-state index in [1.54, 1.807) is 12.1 Å². The smallest absolute Gasteiger partial charge is 0.422 e. The highest BCUT2D eigenvalue weighted by Crippen LogP contribution is 2.27. The number of nitrogens with one attached hydrogen (secondary N) is 1. The van der Waals surface area contributed by atoms with Gasteiger partial charge in [0, 0.05) is 17.6 Å². The topological polar surface area (TPSA) is 30.5 Å². The zero-order valence-electron chi connectivity index (χ0n) is 10.6. The van der Waals surface area contributed by atoms with Crippen molar-refractivity contribution in [3.05, 3.63) is 24.3 Å². The summed E-state index contributed by atoms with van der Waals surface area (Å²) in [6.45, 7) is 3.08. The Bertz CT molecular complexity index is 413. The highest BCUT2D eigenvalue weighted by atomic mass is 19.4. The fourth-order valence-electron chi connectivity index (χ4n) is 1.70. The van der Waals surface area contributed by atoms with Crippen LogP contribution in [-0.4, -0.2) is 32.5 Å². The van der Waals surface area contributed by atoms with Gasteiger partial charge in [0.15, 0.2) is 6.61 Å². The average molecular weight is 275 g/mol. The molecule has 1 aromatic carbocycles. The van der Waals surface area contributed by atoms with Crippen molar-refractivity contribution in [1.82, 2.24) is 0 Å². The number of hydrogen-bond acceptors (Lipinski definition) is 3. The maximum Gasteiger partial charge on any atom is 0.422 e. The van der Waals surface area contributed by atoms with Gasteiger partial charge in [-0.3, -0.25) is 0 Å². The van der Waals surface area contributed by atoms with Crippen molar-refractivity contribution in [2.75, 3.05) is 31.7 Å². The Hall–Kier alpha value is -1.43. The summed E-state index contributed by atoms with van der Waals surface area (Å²) in [5, 5.41) is 3.23. The predicted molar refractivity (Wildman–Crippen MR) is 65.4 cm³/mol. The van der Waals surface area contributed by atoms with Crippen LogP contribution in [0.5, 0.6) is 5.75 Å². The fourth-order valence-corrected chi connectivity index (χ4v) is 1.70. The van der Waals surface area contributed by atoms with Crippen LogP contribution in [0.4, 0.5) is 18.9 Å². The maximum atomic E-state index is 12.0. The molecule has 0 aliphatic carbocycles. The van der Waals surface area contributed by atoms with Crippen molar-refractivity contribution in [1.29, 1.82) is 0 Å². The van der Waals surface area contributed by atoms with Gasteiger partial charge in [0.05, 0.1) is 13.2 Å². The van der Waals surface area contributed by atoms with E-state index in [2.05, 4.69) is 17.0 Å². The zero-order chi connectivity index (χ0) is 13.9. The summed E-state index contributed by atoms with van der Waals surface area (Å²) in [5.41, 5.74) is 0.998. The third-order valence-electron chi connectivity index (χ3n) is 2.88. The number of hydrogen-bond donors (Lipinski definition) is 1. The molecule has 19 heavy (non-hydrogen) atoms. The molecule has 6 heteroatoms. The van der Waals surface area contributed by atoms with E-state index in [1.165, 1.54) is 12.1 Å². The molecule has 106 valence electrons. The van der Waals surface area contributed by atoms with E-state index in [1.807, 2.05) is 0 Å². The van der Waals surface area contributed by atoms with Gasteiger partial charge >= 0.3 is 6.18 Å². The summed E-state index contributed by atoms with van der Waals surface area (Å²) in [6, 6.07) is 6.45. The summed E-state index contributed by atoms with van der Waals surface area (Å²) >= 11 is 0. The normalized spacial score (nSPS) is 17.7. The molecule has 0 amide bonds. The molecule has 0 radical (unpaired) electrons. The van der Waals surface area contributed by atoms with Gasteiger partial charge in [-0.1, -0.05) is 6.92 Å². The summed E-state index contributed by atoms with van der Waals surface area (Å²) in [7, 11) is 0. The third-order valence-corrected chi connectivity index (χ3v) is 2.88. The Morgan fingerprint density at radius 3 is 2.37 bits per heavy atom. The molecule has 0 spiro atoms.